The van der Waals surface area contributed by atoms with Gasteiger partial charge in [-0.05, 0) is 61.6 Å². The van der Waals surface area contributed by atoms with Crippen LogP contribution in [0.5, 0.6) is 0 Å². The highest BCUT2D eigenvalue weighted by atomic mass is 19.4. The summed E-state index contributed by atoms with van der Waals surface area (Å²) in [6.45, 7) is 3.67. The highest BCUT2D eigenvalue weighted by Gasteiger charge is 2.43. The first-order chi connectivity index (χ1) is 20.3. The third kappa shape index (κ3) is 6.45. The van der Waals surface area contributed by atoms with Crippen molar-refractivity contribution in [2.75, 3.05) is 5.32 Å². The molecular weight excluding hydrogens is 576 g/mol. The second-order valence-corrected chi connectivity index (χ2v) is 11.3. The van der Waals surface area contributed by atoms with Crippen LogP contribution in [0.3, 0.4) is 0 Å². The van der Waals surface area contributed by atoms with E-state index in [1.807, 2.05) is 12.1 Å². The molecule has 2 fully saturated rings. The third-order valence-electron chi connectivity index (χ3n) is 8.51. The Morgan fingerprint density at radius 3 is 2.30 bits per heavy atom. The summed E-state index contributed by atoms with van der Waals surface area (Å²) in [5.74, 6) is 1.02. The van der Waals surface area contributed by atoms with E-state index >= 15 is 0 Å². The minimum atomic E-state index is -5.02. The molecule has 0 spiro atoms. The van der Waals surface area contributed by atoms with E-state index < -0.39 is 41.7 Å². The number of hydrogen-bond acceptors (Lipinski definition) is 5. The number of carbonyl (C=O) groups excluding carboxylic acids is 1. The van der Waals surface area contributed by atoms with Gasteiger partial charge in [-0.15, -0.1) is 0 Å². The molecule has 5 rings (SSSR count). The Balaban J connectivity index is 1.48. The molecule has 2 aromatic heterocycles. The molecule has 1 saturated heterocycles. The summed E-state index contributed by atoms with van der Waals surface area (Å²) in [4.78, 5) is 19.1. The van der Waals surface area contributed by atoms with Gasteiger partial charge in [0.1, 0.15) is 11.9 Å². The zero-order valence-corrected chi connectivity index (χ0v) is 24.0. The number of alkyl halides is 6. The fourth-order valence-electron chi connectivity index (χ4n) is 6.11. The highest BCUT2D eigenvalue weighted by molar-refractivity contribution is 5.72. The average molecular weight is 610 g/mol. The molecule has 43 heavy (non-hydrogen) atoms. The van der Waals surface area contributed by atoms with E-state index in [1.54, 1.807) is 31.0 Å². The molecule has 0 radical (unpaired) electrons. The van der Waals surface area contributed by atoms with Crippen molar-refractivity contribution < 1.29 is 35.9 Å². The molecule has 2 aliphatic rings. The van der Waals surface area contributed by atoms with Crippen LogP contribution in [0.15, 0.2) is 42.7 Å². The van der Waals surface area contributed by atoms with Crippen molar-refractivity contribution in [1.82, 2.24) is 19.7 Å². The van der Waals surface area contributed by atoms with Crippen LogP contribution in [0, 0.1) is 5.92 Å². The van der Waals surface area contributed by atoms with Crippen LogP contribution >= 0.6 is 0 Å². The molecule has 2 unspecified atom stereocenters. The molecule has 13 heteroatoms. The minimum Gasteiger partial charge on any atom is -0.439 e. The van der Waals surface area contributed by atoms with Gasteiger partial charge < -0.3 is 10.1 Å². The predicted molar refractivity (Wildman–Crippen MR) is 147 cm³/mol. The number of halogens is 6. The van der Waals surface area contributed by atoms with Crippen LogP contribution in [0.2, 0.25) is 0 Å². The van der Waals surface area contributed by atoms with Crippen molar-refractivity contribution in [1.29, 1.82) is 0 Å². The van der Waals surface area contributed by atoms with Crippen LogP contribution < -0.4 is 5.32 Å². The number of nitrogens with zero attached hydrogens (tertiary/aromatic N) is 4. The van der Waals surface area contributed by atoms with Gasteiger partial charge in [-0.25, -0.2) is 9.78 Å². The molecule has 7 nitrogen and oxygen atoms in total. The number of hydrogen-bond donors (Lipinski definition) is 1. The fourth-order valence-corrected chi connectivity index (χ4v) is 6.11. The molecule has 1 aromatic carbocycles. The fraction of sp³-hybridized carbons (Fsp3) is 0.500. The van der Waals surface area contributed by atoms with E-state index in [2.05, 4.69) is 17.3 Å². The Morgan fingerprint density at radius 2 is 1.70 bits per heavy atom. The number of pyridine rings is 1. The van der Waals surface area contributed by atoms with E-state index in [-0.39, 0.29) is 24.2 Å². The van der Waals surface area contributed by atoms with Crippen LogP contribution in [-0.4, -0.2) is 37.8 Å². The van der Waals surface area contributed by atoms with Crippen molar-refractivity contribution in [3.05, 3.63) is 65.0 Å². The maximum atomic E-state index is 13.5. The largest absolute Gasteiger partial charge is 0.439 e. The summed E-state index contributed by atoms with van der Waals surface area (Å²) < 4.78 is 88.3. The molecule has 232 valence electrons. The maximum Gasteiger partial charge on any atom is 0.416 e. The minimum absolute atomic E-state index is 0.0217. The van der Waals surface area contributed by atoms with Crippen LogP contribution in [-0.2, 0) is 30.7 Å². The number of rotatable bonds is 7. The van der Waals surface area contributed by atoms with Gasteiger partial charge in [0.05, 0.1) is 29.4 Å². The number of nitrogens with one attached hydrogen (secondary N) is 1. The second-order valence-electron chi connectivity index (χ2n) is 11.3. The number of ether oxygens (including phenoxy) is 1. The van der Waals surface area contributed by atoms with E-state index in [0.717, 1.165) is 43.4 Å². The summed E-state index contributed by atoms with van der Waals surface area (Å²) in [5, 5.41) is 7.78. The maximum absolute atomic E-state index is 13.5. The van der Waals surface area contributed by atoms with Crippen molar-refractivity contribution in [3.63, 3.8) is 0 Å². The first kappa shape index (κ1) is 30.7. The smallest absolute Gasteiger partial charge is 0.416 e. The second kappa shape index (κ2) is 11.7. The molecule has 1 aliphatic heterocycles. The third-order valence-corrected chi connectivity index (χ3v) is 8.51. The number of anilines is 1. The molecular formula is C30H33F6N5O2. The van der Waals surface area contributed by atoms with Gasteiger partial charge in [-0.3, -0.25) is 9.58 Å². The summed E-state index contributed by atoms with van der Waals surface area (Å²) >= 11 is 0. The van der Waals surface area contributed by atoms with E-state index in [4.69, 9.17) is 9.72 Å². The summed E-state index contributed by atoms with van der Waals surface area (Å²) in [6, 6.07) is 4.27. The quantitative estimate of drug-likeness (QED) is 0.275. The van der Waals surface area contributed by atoms with Gasteiger partial charge in [0, 0.05) is 36.6 Å². The lowest BCUT2D eigenvalue weighted by Crippen LogP contribution is -2.34. The van der Waals surface area contributed by atoms with E-state index in [9.17, 15) is 31.1 Å². The molecule has 4 atom stereocenters. The summed E-state index contributed by atoms with van der Waals surface area (Å²) in [6.07, 6.45) is -3.60. The molecule has 1 saturated carbocycles. The van der Waals surface area contributed by atoms with E-state index in [1.165, 1.54) is 4.90 Å². The Labute approximate surface area is 245 Å². The lowest BCUT2D eigenvalue weighted by molar-refractivity contribution is -0.143. The topological polar surface area (TPSA) is 72.3 Å². The SMILES string of the molecule is CCC1CCCCC1Nc1ncc(-c2ccnn2C)cc1CN1C(=O)O[C@H](c2cc(C(F)(F)F)cc(C(F)(F)F)c2)[C@@H]1C. The monoisotopic (exact) mass is 609 g/mol. The Morgan fingerprint density at radius 1 is 1.02 bits per heavy atom. The first-order valence-corrected chi connectivity index (χ1v) is 14.3. The number of carbonyl (C=O) groups is 1. The van der Waals surface area contributed by atoms with Gasteiger partial charge in [0.25, 0.3) is 0 Å². The average Bonchev–Trinajstić information content (AvgIpc) is 3.51. The zero-order chi connectivity index (χ0) is 31.1. The van der Waals surface area contributed by atoms with Gasteiger partial charge in [-0.2, -0.15) is 31.4 Å². The van der Waals surface area contributed by atoms with Crippen molar-refractivity contribution in [2.24, 2.45) is 13.0 Å². The van der Waals surface area contributed by atoms with Crippen LogP contribution in [0.4, 0.5) is 37.0 Å². The number of aromatic nitrogens is 3. The number of benzene rings is 1. The lowest BCUT2D eigenvalue weighted by atomic mass is 9.83. The molecule has 0 bridgehead atoms. The van der Waals surface area contributed by atoms with Crippen molar-refractivity contribution in [3.8, 4) is 11.3 Å². The first-order valence-electron chi connectivity index (χ1n) is 14.3. The van der Waals surface area contributed by atoms with Gasteiger partial charge in [0.15, 0.2) is 0 Å². The normalized spacial score (nSPS) is 23.0. The Kier molecular flexibility index (Phi) is 8.36. The van der Waals surface area contributed by atoms with Gasteiger partial charge in [0.2, 0.25) is 0 Å². The van der Waals surface area contributed by atoms with Crippen molar-refractivity contribution >= 4 is 11.9 Å². The standard InChI is InChI=1S/C30H33F6N5O2/c1-4-18-7-5-6-8-24(18)39-27-21(11-20(15-37-27)25-9-10-38-40(25)3)16-41-17(2)26(43-28(41)42)19-12-22(29(31,32)33)14-23(13-19)30(34,35)36/h9-15,17-18,24,26H,4-8,16H2,1-3H3,(H,37,39)/t17-,18?,24?,26-/m0/s1. The van der Waals surface area contributed by atoms with E-state index in [0.29, 0.717) is 29.4 Å². The van der Waals surface area contributed by atoms with Crippen LogP contribution in [0.1, 0.15) is 74.3 Å². The molecule has 3 aromatic rings. The lowest BCUT2D eigenvalue weighted by Gasteiger charge is -2.33. The predicted octanol–water partition coefficient (Wildman–Crippen LogP) is 7.98. The Hall–Kier alpha value is -3.77. The van der Waals surface area contributed by atoms with Crippen LogP contribution in [0.25, 0.3) is 11.3 Å². The number of cyclic esters (lactones) is 1. The molecule has 1 amide bonds. The molecule has 1 N–H and O–H groups in total. The zero-order valence-electron chi connectivity index (χ0n) is 24.0. The molecule has 1 aliphatic carbocycles. The van der Waals surface area contributed by atoms with Gasteiger partial charge in [-0.1, -0.05) is 26.2 Å². The summed E-state index contributed by atoms with van der Waals surface area (Å²) in [7, 11) is 1.78. The number of aryl methyl sites for hydroxylation is 1. The number of amides is 1. The van der Waals surface area contributed by atoms with Gasteiger partial charge >= 0.3 is 18.4 Å². The highest BCUT2D eigenvalue weighted by Crippen LogP contribution is 2.41. The summed E-state index contributed by atoms with van der Waals surface area (Å²) in [5.41, 5.74) is -1.14. The Bertz CT molecular complexity index is 1440. The molecule has 3 heterocycles. The van der Waals surface area contributed by atoms with Crippen molar-refractivity contribution in [2.45, 2.75) is 83.0 Å².